The third-order valence-electron chi connectivity index (χ3n) is 2.48. The van der Waals surface area contributed by atoms with Gasteiger partial charge in [0.25, 0.3) is 0 Å². The van der Waals surface area contributed by atoms with Crippen molar-refractivity contribution >= 4 is 21.8 Å². The largest absolute Gasteiger partial charge is 0.481 e. The first kappa shape index (κ1) is 16.7. The quantitative estimate of drug-likeness (QED) is 0.560. The van der Waals surface area contributed by atoms with Gasteiger partial charge in [-0.15, -0.1) is 0 Å². The Kier molecular flexibility index (Phi) is 6.67. The molecule has 0 fully saturated rings. The summed E-state index contributed by atoms with van der Waals surface area (Å²) in [6.07, 6.45) is 1.46. The van der Waals surface area contributed by atoms with Gasteiger partial charge in [0.2, 0.25) is 0 Å². The zero-order valence-corrected chi connectivity index (χ0v) is 11.6. The molecule has 0 aromatic heterocycles. The highest BCUT2D eigenvalue weighted by molar-refractivity contribution is 7.90. The average Bonchev–Trinajstić information content (AvgIpc) is 2.21. The second-order valence-electron chi connectivity index (χ2n) is 4.30. The number of nitrogens with one attached hydrogen (secondary N) is 2. The molecule has 3 N–H and O–H groups in total. The lowest BCUT2D eigenvalue weighted by atomic mass is 10.0. The third-order valence-corrected chi connectivity index (χ3v) is 3.51. The van der Waals surface area contributed by atoms with E-state index < -0.39 is 33.8 Å². The van der Waals surface area contributed by atoms with Gasteiger partial charge in [-0.3, -0.25) is 4.79 Å². The summed E-state index contributed by atoms with van der Waals surface area (Å²) in [6, 6.07) is -0.999. The molecule has 0 aliphatic rings. The Morgan fingerprint density at radius 2 is 1.83 bits per heavy atom. The van der Waals surface area contributed by atoms with Crippen LogP contribution in [0.3, 0.4) is 0 Å². The van der Waals surface area contributed by atoms with Gasteiger partial charge in [0, 0.05) is 18.8 Å². The summed E-state index contributed by atoms with van der Waals surface area (Å²) in [6.45, 7) is 3.32. The van der Waals surface area contributed by atoms with Crippen LogP contribution in [0.15, 0.2) is 0 Å². The highest BCUT2D eigenvalue weighted by Gasteiger charge is 2.20. The molecule has 0 bridgehead atoms. The van der Waals surface area contributed by atoms with Gasteiger partial charge in [0.1, 0.15) is 9.84 Å². The standard InChI is InChI=1S/C10H20N2O5S/c1-7(9(13)14)8(2)12-10(15)11-5-4-6-18(3,16)17/h7-8H,4-6H2,1-3H3,(H,13,14)(H2,11,12,15). The molecule has 0 radical (unpaired) electrons. The second kappa shape index (κ2) is 7.20. The van der Waals surface area contributed by atoms with Gasteiger partial charge in [-0.05, 0) is 20.3 Å². The Labute approximate surface area is 107 Å². The molecule has 0 saturated heterocycles. The van der Waals surface area contributed by atoms with Crippen LogP contribution >= 0.6 is 0 Å². The van der Waals surface area contributed by atoms with Crippen molar-refractivity contribution in [3.8, 4) is 0 Å². The van der Waals surface area contributed by atoms with E-state index in [1.807, 2.05) is 0 Å². The minimum atomic E-state index is -3.02. The van der Waals surface area contributed by atoms with Crippen molar-refractivity contribution in [2.24, 2.45) is 5.92 Å². The van der Waals surface area contributed by atoms with Crippen molar-refractivity contribution < 1.29 is 23.1 Å². The van der Waals surface area contributed by atoms with Gasteiger partial charge in [0.05, 0.1) is 11.7 Å². The van der Waals surface area contributed by atoms with Crippen LogP contribution in [0.5, 0.6) is 0 Å². The second-order valence-corrected chi connectivity index (χ2v) is 6.56. The van der Waals surface area contributed by atoms with Crippen LogP contribution in [0.4, 0.5) is 4.79 Å². The van der Waals surface area contributed by atoms with Crippen LogP contribution in [0.1, 0.15) is 20.3 Å². The van der Waals surface area contributed by atoms with Gasteiger partial charge in [-0.1, -0.05) is 0 Å². The number of carboxylic acids is 1. The SMILES string of the molecule is CC(NC(=O)NCCCS(C)(=O)=O)C(C)C(=O)O. The predicted molar refractivity (Wildman–Crippen MR) is 67.1 cm³/mol. The zero-order chi connectivity index (χ0) is 14.3. The molecule has 0 aromatic rings. The molecule has 0 aliphatic heterocycles. The Morgan fingerprint density at radius 3 is 2.28 bits per heavy atom. The van der Waals surface area contributed by atoms with Crippen LogP contribution in [-0.4, -0.2) is 50.1 Å². The lowest BCUT2D eigenvalue weighted by Crippen LogP contribution is -2.45. The molecule has 0 aliphatic carbocycles. The number of urea groups is 1. The predicted octanol–water partition coefficient (Wildman–Crippen LogP) is -0.170. The summed E-state index contributed by atoms with van der Waals surface area (Å²) in [7, 11) is -3.02. The summed E-state index contributed by atoms with van der Waals surface area (Å²) in [5, 5.41) is 13.7. The van der Waals surface area contributed by atoms with E-state index in [-0.39, 0.29) is 12.3 Å². The highest BCUT2D eigenvalue weighted by Crippen LogP contribution is 2.01. The molecular weight excluding hydrogens is 260 g/mol. The van der Waals surface area contributed by atoms with Crippen molar-refractivity contribution in [3.05, 3.63) is 0 Å². The molecule has 2 unspecified atom stereocenters. The van der Waals surface area contributed by atoms with Crippen molar-refractivity contribution in [1.29, 1.82) is 0 Å². The molecule has 8 heteroatoms. The molecule has 0 rings (SSSR count). The van der Waals surface area contributed by atoms with E-state index in [0.29, 0.717) is 6.42 Å². The van der Waals surface area contributed by atoms with E-state index >= 15 is 0 Å². The molecule has 0 spiro atoms. The maximum Gasteiger partial charge on any atom is 0.315 e. The summed E-state index contributed by atoms with van der Waals surface area (Å²) < 4.78 is 21.6. The van der Waals surface area contributed by atoms with Crippen molar-refractivity contribution in [1.82, 2.24) is 10.6 Å². The molecule has 0 aromatic carbocycles. The number of rotatable bonds is 7. The number of carbonyl (C=O) groups excluding carboxylic acids is 1. The van der Waals surface area contributed by atoms with Gasteiger partial charge in [-0.25, -0.2) is 13.2 Å². The average molecular weight is 280 g/mol. The van der Waals surface area contributed by atoms with E-state index in [1.165, 1.54) is 6.92 Å². The van der Waals surface area contributed by atoms with Crippen molar-refractivity contribution in [2.75, 3.05) is 18.6 Å². The van der Waals surface area contributed by atoms with Crippen LogP contribution in [0.2, 0.25) is 0 Å². The number of amides is 2. The normalized spacial score (nSPS) is 14.6. The van der Waals surface area contributed by atoms with E-state index in [4.69, 9.17) is 5.11 Å². The van der Waals surface area contributed by atoms with Gasteiger partial charge in [-0.2, -0.15) is 0 Å². The molecule has 18 heavy (non-hydrogen) atoms. The Morgan fingerprint density at radius 1 is 1.28 bits per heavy atom. The summed E-state index contributed by atoms with van der Waals surface area (Å²) in [4.78, 5) is 22.0. The Bertz CT molecular complexity index is 393. The van der Waals surface area contributed by atoms with Crippen LogP contribution < -0.4 is 10.6 Å². The molecule has 0 saturated carbocycles. The number of sulfone groups is 1. The maximum absolute atomic E-state index is 11.3. The van der Waals surface area contributed by atoms with Gasteiger partial charge in [0.15, 0.2) is 0 Å². The smallest absolute Gasteiger partial charge is 0.315 e. The fraction of sp³-hybridized carbons (Fsp3) is 0.800. The summed E-state index contributed by atoms with van der Waals surface area (Å²) in [5.41, 5.74) is 0. The fourth-order valence-corrected chi connectivity index (χ4v) is 1.80. The number of carbonyl (C=O) groups is 2. The van der Waals surface area contributed by atoms with Crippen LogP contribution in [0.25, 0.3) is 0 Å². The third kappa shape index (κ3) is 7.88. The number of carboxylic acid groups (broad SMARTS) is 1. The van der Waals surface area contributed by atoms with E-state index in [9.17, 15) is 18.0 Å². The minimum Gasteiger partial charge on any atom is -0.481 e. The van der Waals surface area contributed by atoms with Crippen molar-refractivity contribution in [3.63, 3.8) is 0 Å². The van der Waals surface area contributed by atoms with E-state index in [2.05, 4.69) is 10.6 Å². The molecule has 2 atom stereocenters. The van der Waals surface area contributed by atoms with Crippen molar-refractivity contribution in [2.45, 2.75) is 26.3 Å². The number of hydrogen-bond donors (Lipinski definition) is 3. The first-order valence-corrected chi connectivity index (χ1v) is 7.64. The topological polar surface area (TPSA) is 113 Å². The van der Waals surface area contributed by atoms with Crippen LogP contribution in [0, 0.1) is 5.92 Å². The number of hydrogen-bond acceptors (Lipinski definition) is 4. The first-order chi connectivity index (χ1) is 8.13. The fourth-order valence-electron chi connectivity index (χ4n) is 1.13. The highest BCUT2D eigenvalue weighted by atomic mass is 32.2. The zero-order valence-electron chi connectivity index (χ0n) is 10.8. The van der Waals surface area contributed by atoms with E-state index in [1.54, 1.807) is 6.92 Å². The molecule has 0 heterocycles. The van der Waals surface area contributed by atoms with Gasteiger partial charge < -0.3 is 15.7 Å². The summed E-state index contributed by atoms with van der Waals surface area (Å²) >= 11 is 0. The molecule has 7 nitrogen and oxygen atoms in total. The van der Waals surface area contributed by atoms with E-state index in [0.717, 1.165) is 6.26 Å². The molecular formula is C10H20N2O5S. The first-order valence-electron chi connectivity index (χ1n) is 5.58. The molecule has 2 amide bonds. The Hall–Kier alpha value is -1.31. The van der Waals surface area contributed by atoms with Gasteiger partial charge >= 0.3 is 12.0 Å². The number of aliphatic carboxylic acids is 1. The summed E-state index contributed by atoms with van der Waals surface area (Å²) in [5.74, 6) is -1.67. The van der Waals surface area contributed by atoms with Crippen LogP contribution in [-0.2, 0) is 14.6 Å². The maximum atomic E-state index is 11.3. The Balaban J connectivity index is 3.88. The minimum absolute atomic E-state index is 0.00830. The molecule has 106 valence electrons. The lowest BCUT2D eigenvalue weighted by molar-refractivity contribution is -0.141. The monoisotopic (exact) mass is 280 g/mol. The lowest BCUT2D eigenvalue weighted by Gasteiger charge is -2.18.